The third-order valence-electron chi connectivity index (χ3n) is 4.40. The number of piperazine rings is 1. The lowest BCUT2D eigenvalue weighted by Crippen LogP contribution is -2.49. The lowest BCUT2D eigenvalue weighted by molar-refractivity contribution is 0.0621. The molecule has 1 aromatic heterocycles. The minimum Gasteiger partial charge on any atom is -0.336 e. The summed E-state index contributed by atoms with van der Waals surface area (Å²) in [6.07, 6.45) is 5.88. The van der Waals surface area contributed by atoms with Crippen molar-refractivity contribution in [1.82, 2.24) is 19.8 Å². The van der Waals surface area contributed by atoms with Crippen molar-refractivity contribution in [2.45, 2.75) is 25.8 Å². The number of nitrogens with zero attached hydrogens (tertiary/aromatic N) is 3. The highest BCUT2D eigenvalue weighted by Gasteiger charge is 2.30. The molecule has 1 atom stereocenters. The van der Waals surface area contributed by atoms with Gasteiger partial charge in [0.2, 0.25) is 0 Å². The van der Waals surface area contributed by atoms with E-state index in [1.807, 2.05) is 34.8 Å². The van der Waals surface area contributed by atoms with Gasteiger partial charge in [-0.05, 0) is 24.1 Å². The van der Waals surface area contributed by atoms with Crippen LogP contribution >= 0.6 is 12.4 Å². The van der Waals surface area contributed by atoms with Crippen molar-refractivity contribution in [3.8, 4) is 0 Å². The van der Waals surface area contributed by atoms with Crippen LogP contribution in [0.3, 0.4) is 0 Å². The van der Waals surface area contributed by atoms with Crippen LogP contribution in [0.25, 0.3) is 0 Å². The van der Waals surface area contributed by atoms with E-state index in [0.29, 0.717) is 6.54 Å². The van der Waals surface area contributed by atoms with E-state index in [1.54, 1.807) is 6.20 Å². The zero-order valence-corrected chi connectivity index (χ0v) is 15.1. The fraction of sp³-hybridized carbons (Fsp3) is 0.444. The molecule has 1 aliphatic heterocycles. The second kappa shape index (κ2) is 8.31. The molecule has 1 saturated heterocycles. The highest BCUT2D eigenvalue weighted by atomic mass is 35.5. The maximum Gasteiger partial charge on any atom is 0.254 e. The molecule has 1 aromatic carbocycles. The second-order valence-corrected chi connectivity index (χ2v) is 6.06. The van der Waals surface area contributed by atoms with Gasteiger partial charge in [-0.3, -0.25) is 4.79 Å². The van der Waals surface area contributed by atoms with Crippen LogP contribution in [-0.4, -0.2) is 40.0 Å². The summed E-state index contributed by atoms with van der Waals surface area (Å²) in [4.78, 5) is 19.3. The molecule has 130 valence electrons. The van der Waals surface area contributed by atoms with Crippen molar-refractivity contribution in [3.05, 3.63) is 53.6 Å². The molecule has 1 unspecified atom stereocenters. The highest BCUT2D eigenvalue weighted by Crippen LogP contribution is 2.23. The van der Waals surface area contributed by atoms with Gasteiger partial charge in [-0.25, -0.2) is 4.98 Å². The molecule has 2 heterocycles. The van der Waals surface area contributed by atoms with Gasteiger partial charge < -0.3 is 14.8 Å². The number of benzene rings is 1. The van der Waals surface area contributed by atoms with Gasteiger partial charge in [-0.1, -0.05) is 25.5 Å². The monoisotopic (exact) mass is 348 g/mol. The fourth-order valence-corrected chi connectivity index (χ4v) is 3.14. The van der Waals surface area contributed by atoms with Gasteiger partial charge in [0, 0.05) is 44.6 Å². The van der Waals surface area contributed by atoms with Crippen molar-refractivity contribution < 1.29 is 4.79 Å². The van der Waals surface area contributed by atoms with Crippen LogP contribution in [0.5, 0.6) is 0 Å². The van der Waals surface area contributed by atoms with Gasteiger partial charge in [0.25, 0.3) is 5.91 Å². The number of imidazole rings is 1. The average molecular weight is 349 g/mol. The Morgan fingerprint density at radius 2 is 2.08 bits per heavy atom. The van der Waals surface area contributed by atoms with Gasteiger partial charge in [0.1, 0.15) is 11.9 Å². The summed E-state index contributed by atoms with van der Waals surface area (Å²) in [6.45, 7) is 4.43. The van der Waals surface area contributed by atoms with E-state index in [1.165, 1.54) is 5.56 Å². The second-order valence-electron chi connectivity index (χ2n) is 6.06. The van der Waals surface area contributed by atoms with E-state index < -0.39 is 0 Å². The first-order valence-electron chi connectivity index (χ1n) is 8.28. The largest absolute Gasteiger partial charge is 0.336 e. The first kappa shape index (κ1) is 18.5. The Morgan fingerprint density at radius 3 is 2.71 bits per heavy atom. The summed E-state index contributed by atoms with van der Waals surface area (Å²) < 4.78 is 1.99. The maximum atomic E-state index is 12.9. The summed E-state index contributed by atoms with van der Waals surface area (Å²) in [5, 5.41) is 3.37. The van der Waals surface area contributed by atoms with E-state index in [-0.39, 0.29) is 24.4 Å². The number of nitrogens with one attached hydrogen (secondary N) is 1. The summed E-state index contributed by atoms with van der Waals surface area (Å²) in [5.41, 5.74) is 2.04. The third-order valence-corrected chi connectivity index (χ3v) is 4.40. The minimum absolute atomic E-state index is 0. The van der Waals surface area contributed by atoms with Crippen molar-refractivity contribution >= 4 is 18.3 Å². The van der Waals surface area contributed by atoms with Gasteiger partial charge >= 0.3 is 0 Å². The topological polar surface area (TPSA) is 50.2 Å². The van der Waals surface area contributed by atoms with Crippen LogP contribution in [0.4, 0.5) is 0 Å². The summed E-state index contributed by atoms with van der Waals surface area (Å²) in [5.74, 6) is 1.01. The number of rotatable bonds is 4. The van der Waals surface area contributed by atoms with E-state index >= 15 is 0 Å². The van der Waals surface area contributed by atoms with Crippen LogP contribution in [0.1, 0.15) is 41.1 Å². The molecular weight excluding hydrogens is 324 g/mol. The van der Waals surface area contributed by atoms with E-state index in [4.69, 9.17) is 0 Å². The SMILES string of the molecule is CCCc1ccc(C(=O)N2CCNCC2c2nccn2C)cc1.Cl. The molecule has 0 saturated carbocycles. The zero-order chi connectivity index (χ0) is 16.2. The summed E-state index contributed by atoms with van der Waals surface area (Å²) in [6, 6.07) is 8.01. The predicted octanol–water partition coefficient (Wildman–Crippen LogP) is 2.58. The van der Waals surface area contributed by atoms with E-state index in [0.717, 1.165) is 37.3 Å². The molecule has 0 spiro atoms. The van der Waals surface area contributed by atoms with Gasteiger partial charge in [0.05, 0.1) is 0 Å². The fourth-order valence-electron chi connectivity index (χ4n) is 3.14. The molecule has 0 radical (unpaired) electrons. The molecule has 5 nitrogen and oxygen atoms in total. The number of amides is 1. The Labute approximate surface area is 149 Å². The summed E-state index contributed by atoms with van der Waals surface area (Å²) >= 11 is 0. The van der Waals surface area contributed by atoms with Gasteiger partial charge in [0.15, 0.2) is 0 Å². The van der Waals surface area contributed by atoms with Crippen LogP contribution in [0.15, 0.2) is 36.7 Å². The lowest BCUT2D eigenvalue weighted by Gasteiger charge is -2.35. The van der Waals surface area contributed by atoms with Crippen LogP contribution < -0.4 is 5.32 Å². The van der Waals surface area contributed by atoms with Gasteiger partial charge in [-0.2, -0.15) is 0 Å². The predicted molar refractivity (Wildman–Crippen MR) is 97.5 cm³/mol. The number of halogens is 1. The van der Waals surface area contributed by atoms with Crippen molar-refractivity contribution in [2.75, 3.05) is 19.6 Å². The number of carbonyl (C=O) groups is 1. The molecule has 0 aliphatic carbocycles. The van der Waals surface area contributed by atoms with E-state index in [2.05, 4.69) is 29.4 Å². The Kier molecular flexibility index (Phi) is 6.40. The first-order chi connectivity index (χ1) is 11.2. The number of hydrogen-bond donors (Lipinski definition) is 1. The van der Waals surface area contributed by atoms with Crippen molar-refractivity contribution in [3.63, 3.8) is 0 Å². The number of aryl methyl sites for hydroxylation is 2. The smallest absolute Gasteiger partial charge is 0.254 e. The molecule has 6 heteroatoms. The normalized spacial score (nSPS) is 17.4. The molecule has 1 fully saturated rings. The van der Waals surface area contributed by atoms with Crippen molar-refractivity contribution in [2.24, 2.45) is 7.05 Å². The van der Waals surface area contributed by atoms with Crippen LogP contribution in [-0.2, 0) is 13.5 Å². The molecule has 1 N–H and O–H groups in total. The Balaban J connectivity index is 0.00000208. The quantitative estimate of drug-likeness (QED) is 0.924. The molecule has 3 rings (SSSR count). The molecule has 0 bridgehead atoms. The molecule has 2 aromatic rings. The number of carbonyl (C=O) groups excluding carboxylic acids is 1. The first-order valence-corrected chi connectivity index (χ1v) is 8.28. The Morgan fingerprint density at radius 1 is 1.33 bits per heavy atom. The standard InChI is InChI=1S/C18H24N4O.ClH/c1-3-4-14-5-7-15(8-6-14)18(23)22-12-9-19-13-16(22)17-20-10-11-21(17)2;/h5-8,10-11,16,19H,3-4,9,12-13H2,1-2H3;1H. The zero-order valence-electron chi connectivity index (χ0n) is 14.2. The highest BCUT2D eigenvalue weighted by molar-refractivity contribution is 5.94. The molecular formula is C18H25ClN4O. The van der Waals surface area contributed by atoms with Crippen LogP contribution in [0, 0.1) is 0 Å². The molecule has 1 amide bonds. The number of hydrogen-bond acceptors (Lipinski definition) is 3. The van der Waals surface area contributed by atoms with Crippen molar-refractivity contribution in [1.29, 1.82) is 0 Å². The Bertz CT molecular complexity index is 668. The van der Waals surface area contributed by atoms with Crippen LogP contribution in [0.2, 0.25) is 0 Å². The lowest BCUT2D eigenvalue weighted by atomic mass is 10.1. The van der Waals surface area contributed by atoms with E-state index in [9.17, 15) is 4.79 Å². The Hall–Kier alpha value is -1.85. The summed E-state index contributed by atoms with van der Waals surface area (Å²) in [7, 11) is 1.97. The molecule has 1 aliphatic rings. The maximum absolute atomic E-state index is 12.9. The minimum atomic E-state index is -0.0217. The third kappa shape index (κ3) is 3.79. The average Bonchev–Trinajstić information content (AvgIpc) is 3.01. The number of aromatic nitrogens is 2. The molecule has 24 heavy (non-hydrogen) atoms. The van der Waals surface area contributed by atoms with Gasteiger partial charge in [-0.15, -0.1) is 12.4 Å².